The van der Waals surface area contributed by atoms with Gasteiger partial charge in [0.15, 0.2) is 0 Å². The van der Waals surface area contributed by atoms with E-state index in [0.717, 1.165) is 35.6 Å². The second-order valence-corrected chi connectivity index (χ2v) is 7.96. The summed E-state index contributed by atoms with van der Waals surface area (Å²) in [6, 6.07) is 12.8. The number of hydrogen-bond acceptors (Lipinski definition) is 6. The number of carbonyl (C=O) groups is 2. The molecule has 0 atom stereocenters. The molecule has 0 aliphatic carbocycles. The summed E-state index contributed by atoms with van der Waals surface area (Å²) in [5.41, 5.74) is 1.92. The molecule has 0 aliphatic heterocycles. The Morgan fingerprint density at radius 2 is 1.72 bits per heavy atom. The maximum Gasteiger partial charge on any atom is 0.341 e. The molecule has 0 saturated heterocycles. The lowest BCUT2D eigenvalue weighted by Gasteiger charge is -2.20. The van der Waals surface area contributed by atoms with E-state index in [-0.39, 0.29) is 24.9 Å². The van der Waals surface area contributed by atoms with Crippen LogP contribution in [0.2, 0.25) is 0 Å². The van der Waals surface area contributed by atoms with Gasteiger partial charge in [-0.25, -0.2) is 4.79 Å². The Balaban J connectivity index is 0.00000363. The summed E-state index contributed by atoms with van der Waals surface area (Å²) in [4.78, 5) is 27.9. The Morgan fingerprint density at radius 3 is 2.31 bits per heavy atom. The first-order chi connectivity index (χ1) is 15.0. The maximum absolute atomic E-state index is 12.8. The number of esters is 1. The van der Waals surface area contributed by atoms with E-state index in [9.17, 15) is 9.59 Å². The molecule has 172 valence electrons. The standard InChI is InChI=1S/C24H28N2O4S.ClH/c1-5-26(6-2)15-17-13-14-18-19(24(28)30-7-3)23(31-21(18)20(17)29-4)25-22(27)16-11-9-8-10-12-16;/h8-14H,5-7,15H2,1-4H3,(H,25,27);1H. The van der Waals surface area contributed by atoms with Crippen LogP contribution in [0.4, 0.5) is 5.00 Å². The van der Waals surface area contributed by atoms with Crippen molar-refractivity contribution in [3.05, 3.63) is 59.2 Å². The lowest BCUT2D eigenvalue weighted by Crippen LogP contribution is -2.22. The van der Waals surface area contributed by atoms with Crippen LogP contribution in [0.3, 0.4) is 0 Å². The summed E-state index contributed by atoms with van der Waals surface area (Å²) >= 11 is 1.33. The number of nitrogens with one attached hydrogen (secondary N) is 1. The van der Waals surface area contributed by atoms with Gasteiger partial charge in [-0.2, -0.15) is 0 Å². The average Bonchev–Trinajstić information content (AvgIpc) is 3.15. The van der Waals surface area contributed by atoms with Crippen LogP contribution in [0.5, 0.6) is 5.75 Å². The summed E-state index contributed by atoms with van der Waals surface area (Å²) in [5.74, 6) is -0.0177. The third-order valence-electron chi connectivity index (χ3n) is 5.13. The van der Waals surface area contributed by atoms with Gasteiger partial charge in [0.2, 0.25) is 0 Å². The van der Waals surface area contributed by atoms with E-state index in [2.05, 4.69) is 24.1 Å². The Labute approximate surface area is 198 Å². The summed E-state index contributed by atoms with van der Waals surface area (Å²) in [6.07, 6.45) is 0. The van der Waals surface area contributed by atoms with Gasteiger partial charge in [-0.15, -0.1) is 23.7 Å². The van der Waals surface area contributed by atoms with Crippen molar-refractivity contribution in [2.24, 2.45) is 0 Å². The zero-order valence-corrected chi connectivity index (χ0v) is 20.4. The number of amides is 1. The molecule has 0 saturated carbocycles. The first-order valence-electron chi connectivity index (χ1n) is 10.4. The van der Waals surface area contributed by atoms with Gasteiger partial charge in [-0.3, -0.25) is 9.69 Å². The summed E-state index contributed by atoms with van der Waals surface area (Å²) in [5, 5.41) is 4.08. The van der Waals surface area contributed by atoms with E-state index in [0.29, 0.717) is 21.5 Å². The molecule has 2 aromatic carbocycles. The van der Waals surface area contributed by atoms with Gasteiger partial charge in [0.05, 0.1) is 18.4 Å². The van der Waals surface area contributed by atoms with Crippen molar-refractivity contribution in [2.45, 2.75) is 27.3 Å². The Morgan fingerprint density at radius 1 is 1.03 bits per heavy atom. The number of ether oxygens (including phenoxy) is 2. The van der Waals surface area contributed by atoms with Crippen LogP contribution >= 0.6 is 23.7 Å². The van der Waals surface area contributed by atoms with Crippen molar-refractivity contribution in [1.29, 1.82) is 0 Å². The number of carbonyl (C=O) groups excluding carboxylic acids is 2. The van der Waals surface area contributed by atoms with Crippen LogP contribution in [-0.2, 0) is 11.3 Å². The Kier molecular flexibility index (Phi) is 9.50. The van der Waals surface area contributed by atoms with E-state index in [1.54, 1.807) is 38.3 Å². The van der Waals surface area contributed by atoms with Crippen molar-refractivity contribution in [1.82, 2.24) is 4.90 Å². The minimum absolute atomic E-state index is 0. The van der Waals surface area contributed by atoms with Crippen molar-refractivity contribution >= 4 is 50.7 Å². The van der Waals surface area contributed by atoms with Crippen molar-refractivity contribution in [3.63, 3.8) is 0 Å². The molecule has 0 unspecified atom stereocenters. The van der Waals surface area contributed by atoms with E-state index < -0.39 is 5.97 Å². The molecule has 32 heavy (non-hydrogen) atoms. The van der Waals surface area contributed by atoms with Crippen LogP contribution in [0.15, 0.2) is 42.5 Å². The number of hydrogen-bond donors (Lipinski definition) is 1. The maximum atomic E-state index is 12.8. The molecular weight excluding hydrogens is 448 g/mol. The van der Waals surface area contributed by atoms with E-state index in [1.807, 2.05) is 18.2 Å². The highest BCUT2D eigenvalue weighted by molar-refractivity contribution is 7.24. The Hall–Kier alpha value is -2.61. The van der Waals surface area contributed by atoms with Gasteiger partial charge in [0.25, 0.3) is 5.91 Å². The van der Waals surface area contributed by atoms with Crippen molar-refractivity contribution < 1.29 is 19.1 Å². The smallest absolute Gasteiger partial charge is 0.341 e. The molecule has 0 aliphatic rings. The summed E-state index contributed by atoms with van der Waals surface area (Å²) < 4.78 is 11.9. The first kappa shape index (κ1) is 25.6. The van der Waals surface area contributed by atoms with Crippen molar-refractivity contribution in [3.8, 4) is 5.75 Å². The monoisotopic (exact) mass is 476 g/mol. The fourth-order valence-corrected chi connectivity index (χ4v) is 4.70. The van der Waals surface area contributed by atoms with Gasteiger partial charge in [-0.1, -0.05) is 44.2 Å². The van der Waals surface area contributed by atoms with Gasteiger partial charge >= 0.3 is 5.97 Å². The number of methoxy groups -OCH3 is 1. The third-order valence-corrected chi connectivity index (χ3v) is 6.25. The number of nitrogens with zero attached hydrogens (tertiary/aromatic N) is 1. The highest BCUT2D eigenvalue weighted by Gasteiger charge is 2.25. The third kappa shape index (κ3) is 5.41. The van der Waals surface area contributed by atoms with Crippen molar-refractivity contribution in [2.75, 3.05) is 32.1 Å². The van der Waals surface area contributed by atoms with Crippen LogP contribution in [-0.4, -0.2) is 43.6 Å². The SMILES string of the molecule is CCOC(=O)c1c(NC(=O)c2ccccc2)sc2c(OC)c(CN(CC)CC)ccc12.Cl. The second-order valence-electron chi connectivity index (χ2n) is 6.94. The van der Waals surface area contributed by atoms with E-state index in [4.69, 9.17) is 9.47 Å². The molecular formula is C24H29ClN2O4S. The van der Waals surface area contributed by atoms with Gasteiger partial charge in [0, 0.05) is 23.1 Å². The number of rotatable bonds is 9. The molecule has 0 bridgehead atoms. The number of anilines is 1. The molecule has 3 aromatic rings. The normalized spacial score (nSPS) is 10.7. The highest BCUT2D eigenvalue weighted by Crippen LogP contribution is 2.43. The van der Waals surface area contributed by atoms with Gasteiger partial charge in [-0.05, 0) is 32.1 Å². The minimum atomic E-state index is -0.462. The average molecular weight is 477 g/mol. The largest absolute Gasteiger partial charge is 0.495 e. The summed E-state index contributed by atoms with van der Waals surface area (Å²) in [7, 11) is 1.63. The first-order valence-corrected chi connectivity index (χ1v) is 11.2. The van der Waals surface area contributed by atoms with Crippen LogP contribution in [0.25, 0.3) is 10.1 Å². The molecule has 0 spiro atoms. The molecule has 0 radical (unpaired) electrons. The second kappa shape index (κ2) is 11.9. The summed E-state index contributed by atoms with van der Waals surface area (Å²) in [6.45, 7) is 8.84. The van der Waals surface area contributed by atoms with Crippen LogP contribution in [0, 0.1) is 0 Å². The number of thiophene rings is 1. The molecule has 3 rings (SSSR count). The number of fused-ring (bicyclic) bond motifs is 1. The van der Waals surface area contributed by atoms with Gasteiger partial charge < -0.3 is 14.8 Å². The zero-order valence-electron chi connectivity index (χ0n) is 18.8. The number of benzene rings is 2. The lowest BCUT2D eigenvalue weighted by molar-refractivity contribution is 0.0530. The van der Waals surface area contributed by atoms with E-state index in [1.165, 1.54) is 11.3 Å². The topological polar surface area (TPSA) is 67.9 Å². The molecule has 0 fully saturated rings. The fraction of sp³-hybridized carbons (Fsp3) is 0.333. The quantitative estimate of drug-likeness (QED) is 0.407. The fourth-order valence-electron chi connectivity index (χ4n) is 3.47. The highest BCUT2D eigenvalue weighted by atomic mass is 35.5. The number of halogens is 1. The predicted octanol–water partition coefficient (Wildman–Crippen LogP) is 5.60. The molecule has 1 aromatic heterocycles. The van der Waals surface area contributed by atoms with Crippen LogP contribution in [0.1, 0.15) is 47.1 Å². The Bertz CT molecular complexity index is 1060. The van der Waals surface area contributed by atoms with Crippen LogP contribution < -0.4 is 10.1 Å². The zero-order chi connectivity index (χ0) is 22.4. The lowest BCUT2D eigenvalue weighted by atomic mass is 10.1. The molecule has 1 heterocycles. The molecule has 1 amide bonds. The minimum Gasteiger partial charge on any atom is -0.495 e. The molecule has 6 nitrogen and oxygen atoms in total. The van der Waals surface area contributed by atoms with Gasteiger partial charge in [0.1, 0.15) is 16.3 Å². The van der Waals surface area contributed by atoms with E-state index >= 15 is 0 Å². The predicted molar refractivity (Wildman–Crippen MR) is 133 cm³/mol. The molecule has 1 N–H and O–H groups in total. The molecule has 8 heteroatoms.